The van der Waals surface area contributed by atoms with E-state index in [0.717, 1.165) is 23.7 Å². The maximum Gasteiger partial charge on any atom is 0.0876 e. The van der Waals surface area contributed by atoms with Crippen molar-refractivity contribution in [2.24, 2.45) is 0 Å². The number of aryl methyl sites for hydroxylation is 4. The Morgan fingerprint density at radius 2 is 1.37 bits per heavy atom. The highest BCUT2D eigenvalue weighted by Crippen LogP contribution is 2.28. The second-order valence-corrected chi connectivity index (χ2v) is 10.9. The van der Waals surface area contributed by atoms with Crippen LogP contribution in [0.1, 0.15) is 35.1 Å². The number of alkyl halides is 1. The van der Waals surface area contributed by atoms with Crippen molar-refractivity contribution in [2.75, 3.05) is 41.9 Å². The van der Waals surface area contributed by atoms with E-state index in [0.29, 0.717) is 11.9 Å². The summed E-state index contributed by atoms with van der Waals surface area (Å²) in [5, 5.41) is 21.2. The van der Waals surface area contributed by atoms with E-state index in [1.54, 1.807) is 6.26 Å². The Morgan fingerprint density at radius 3 is 1.84 bits per heavy atom. The maximum absolute atomic E-state index is 9.26. The quantitative estimate of drug-likeness (QED) is 0.175. The van der Waals surface area contributed by atoms with Crippen LogP contribution in [0, 0.1) is 27.7 Å². The SMILES string of the molecule is C1=COCCC1.Cc1ccc(N(CCO)c2ccccc2)c(C)c1.Cc1ccc(Nc2ccccc2)c(C)c1.OCCBr. The Bertz CT molecular complexity index is 1320. The molecule has 0 saturated carbocycles. The van der Waals surface area contributed by atoms with Gasteiger partial charge in [0.2, 0.25) is 0 Å². The van der Waals surface area contributed by atoms with E-state index in [9.17, 15) is 5.11 Å². The van der Waals surface area contributed by atoms with Gasteiger partial charge >= 0.3 is 0 Å². The van der Waals surface area contributed by atoms with Crippen LogP contribution in [0.3, 0.4) is 0 Å². The summed E-state index contributed by atoms with van der Waals surface area (Å²) in [5.41, 5.74) is 9.63. The first-order chi connectivity index (χ1) is 20.9. The third-order valence-corrected chi connectivity index (χ3v) is 6.73. The molecule has 1 aliphatic rings. The first kappa shape index (κ1) is 35.6. The van der Waals surface area contributed by atoms with Crippen molar-refractivity contribution in [3.8, 4) is 0 Å². The Labute approximate surface area is 267 Å². The van der Waals surface area contributed by atoms with Crippen molar-refractivity contribution >= 4 is 38.7 Å². The number of hydrogen-bond acceptors (Lipinski definition) is 5. The minimum atomic E-state index is 0.141. The van der Waals surface area contributed by atoms with Gasteiger partial charge in [-0.1, -0.05) is 87.7 Å². The first-order valence-electron chi connectivity index (χ1n) is 14.7. The molecular weight excluding hydrogens is 600 g/mol. The topological polar surface area (TPSA) is 65.0 Å². The molecule has 230 valence electrons. The number of aliphatic hydroxyl groups is 2. The number of rotatable bonds is 7. The van der Waals surface area contributed by atoms with Crippen LogP contribution in [0.15, 0.2) is 109 Å². The standard InChI is InChI=1S/C16H19NO.C14H15N.C5H8O.C2H5BrO/c1-13-8-9-16(14(2)12-13)17(10-11-18)15-6-4-3-5-7-15;1-11-8-9-14(12(2)10-11)15-13-6-4-3-5-7-13;1-2-4-6-5-3-1;3-1-2-4/h3-9,12,18H,10-11H2,1-2H3;3-10,15H,1-2H3;2,4H,1,3,5H2;4H,1-2H2. The Hall–Kier alpha value is -3.58. The molecule has 5 rings (SSSR count). The zero-order valence-corrected chi connectivity index (χ0v) is 27.6. The van der Waals surface area contributed by atoms with Gasteiger partial charge in [-0.25, -0.2) is 0 Å². The van der Waals surface area contributed by atoms with E-state index in [2.05, 4.69) is 115 Å². The molecule has 43 heavy (non-hydrogen) atoms. The summed E-state index contributed by atoms with van der Waals surface area (Å²) in [4.78, 5) is 2.15. The van der Waals surface area contributed by atoms with Gasteiger partial charge in [0, 0.05) is 34.6 Å². The molecule has 0 aromatic heterocycles. The van der Waals surface area contributed by atoms with Crippen molar-refractivity contribution in [3.05, 3.63) is 132 Å². The highest BCUT2D eigenvalue weighted by molar-refractivity contribution is 9.09. The zero-order chi connectivity index (χ0) is 31.3. The first-order valence-corrected chi connectivity index (χ1v) is 15.8. The van der Waals surface area contributed by atoms with E-state index in [1.165, 1.54) is 40.8 Å². The van der Waals surface area contributed by atoms with Gasteiger partial charge in [0.25, 0.3) is 0 Å². The van der Waals surface area contributed by atoms with Crippen molar-refractivity contribution in [1.82, 2.24) is 0 Å². The number of ether oxygens (including phenoxy) is 1. The van der Waals surface area contributed by atoms with Gasteiger partial charge in [0.1, 0.15) is 0 Å². The minimum absolute atomic E-state index is 0.141. The normalized spacial score (nSPS) is 11.3. The van der Waals surface area contributed by atoms with Crippen LogP contribution in [0.4, 0.5) is 22.7 Å². The van der Waals surface area contributed by atoms with Crippen molar-refractivity contribution in [1.29, 1.82) is 0 Å². The number of aliphatic hydroxyl groups excluding tert-OH is 2. The lowest BCUT2D eigenvalue weighted by Crippen LogP contribution is -2.21. The number of para-hydroxylation sites is 2. The van der Waals surface area contributed by atoms with Gasteiger partial charge in [0.05, 0.1) is 26.1 Å². The summed E-state index contributed by atoms with van der Waals surface area (Å²) in [7, 11) is 0. The lowest BCUT2D eigenvalue weighted by molar-refractivity contribution is 0.231. The lowest BCUT2D eigenvalue weighted by atomic mass is 10.1. The molecule has 0 fully saturated rings. The fourth-order valence-electron chi connectivity index (χ4n) is 4.32. The molecule has 0 saturated heterocycles. The van der Waals surface area contributed by atoms with Crippen LogP contribution < -0.4 is 10.2 Å². The van der Waals surface area contributed by atoms with Gasteiger partial charge in [-0.05, 0) is 94.1 Å². The van der Waals surface area contributed by atoms with Gasteiger partial charge < -0.3 is 25.2 Å². The molecule has 0 unspecified atom stereocenters. The average molecular weight is 648 g/mol. The number of allylic oxidation sites excluding steroid dienone is 1. The number of hydrogen-bond donors (Lipinski definition) is 3. The summed E-state index contributed by atoms with van der Waals surface area (Å²) in [6.45, 7) is 10.3. The summed E-state index contributed by atoms with van der Waals surface area (Å²) in [6.07, 6.45) is 6.20. The van der Waals surface area contributed by atoms with Crippen LogP contribution >= 0.6 is 15.9 Å². The summed E-state index contributed by atoms with van der Waals surface area (Å²) >= 11 is 3.00. The zero-order valence-electron chi connectivity index (χ0n) is 26.0. The van der Waals surface area contributed by atoms with Gasteiger partial charge in [-0.3, -0.25) is 0 Å². The molecule has 0 spiro atoms. The van der Waals surface area contributed by atoms with E-state index in [-0.39, 0.29) is 13.2 Å². The molecule has 5 nitrogen and oxygen atoms in total. The number of nitrogens with one attached hydrogen (secondary N) is 1. The van der Waals surface area contributed by atoms with E-state index in [4.69, 9.17) is 9.84 Å². The van der Waals surface area contributed by atoms with Crippen molar-refractivity contribution in [2.45, 2.75) is 40.5 Å². The number of benzene rings is 4. The highest BCUT2D eigenvalue weighted by atomic mass is 79.9. The molecule has 0 radical (unpaired) electrons. The maximum atomic E-state index is 9.26. The van der Waals surface area contributed by atoms with Crippen LogP contribution in [0.5, 0.6) is 0 Å². The molecule has 0 atom stereocenters. The minimum Gasteiger partial charge on any atom is -0.502 e. The predicted molar refractivity (Wildman–Crippen MR) is 187 cm³/mol. The number of anilines is 4. The highest BCUT2D eigenvalue weighted by Gasteiger charge is 2.10. The summed E-state index contributed by atoms with van der Waals surface area (Å²) in [6, 6.07) is 33.2. The number of halogens is 1. The van der Waals surface area contributed by atoms with E-state index < -0.39 is 0 Å². The Morgan fingerprint density at radius 1 is 0.767 bits per heavy atom. The van der Waals surface area contributed by atoms with E-state index >= 15 is 0 Å². The molecule has 0 amide bonds. The van der Waals surface area contributed by atoms with Crippen molar-refractivity contribution < 1.29 is 14.9 Å². The molecule has 6 heteroatoms. The van der Waals surface area contributed by atoms with Crippen molar-refractivity contribution in [3.63, 3.8) is 0 Å². The smallest absolute Gasteiger partial charge is 0.0876 e. The molecule has 1 heterocycles. The second kappa shape index (κ2) is 21.2. The molecule has 0 aliphatic carbocycles. The predicted octanol–water partition coefficient (Wildman–Crippen LogP) is 9.16. The van der Waals surface area contributed by atoms with Gasteiger partial charge in [-0.15, -0.1) is 0 Å². The molecule has 3 N–H and O–H groups in total. The summed E-state index contributed by atoms with van der Waals surface area (Å²) < 4.78 is 4.89. The van der Waals surface area contributed by atoms with Crippen LogP contribution in [-0.4, -0.2) is 41.9 Å². The van der Waals surface area contributed by atoms with Crippen LogP contribution in [-0.2, 0) is 4.74 Å². The third kappa shape index (κ3) is 14.0. The Kier molecular flexibility index (Phi) is 17.5. The summed E-state index contributed by atoms with van der Waals surface area (Å²) in [5.74, 6) is 0. The Balaban J connectivity index is 0.000000230. The molecular formula is C37H47BrN2O3. The van der Waals surface area contributed by atoms with E-state index in [1.807, 2.05) is 42.5 Å². The fourth-order valence-corrected chi connectivity index (χ4v) is 4.32. The molecule has 4 aromatic carbocycles. The molecule has 0 bridgehead atoms. The number of nitrogens with zero attached hydrogens (tertiary/aromatic N) is 1. The monoisotopic (exact) mass is 646 g/mol. The fraction of sp³-hybridized carbons (Fsp3) is 0.297. The van der Waals surface area contributed by atoms with Crippen LogP contribution in [0.2, 0.25) is 0 Å². The second-order valence-electron chi connectivity index (χ2n) is 10.1. The lowest BCUT2D eigenvalue weighted by Gasteiger charge is -2.26. The van der Waals surface area contributed by atoms with Gasteiger partial charge in [-0.2, -0.15) is 0 Å². The van der Waals surface area contributed by atoms with Crippen LogP contribution in [0.25, 0.3) is 0 Å². The molecule has 4 aromatic rings. The van der Waals surface area contributed by atoms with Gasteiger partial charge in [0.15, 0.2) is 0 Å². The average Bonchev–Trinajstić information content (AvgIpc) is 3.04. The largest absolute Gasteiger partial charge is 0.502 e. The third-order valence-electron chi connectivity index (χ3n) is 6.38. The molecule has 1 aliphatic heterocycles.